The monoisotopic (exact) mass is 319 g/mol. The van der Waals surface area contributed by atoms with Gasteiger partial charge in [0.1, 0.15) is 0 Å². The molecule has 1 fully saturated rings. The fraction of sp³-hybridized carbons (Fsp3) is 0.588. The van der Waals surface area contributed by atoms with E-state index in [0.29, 0.717) is 31.2 Å². The molecule has 6 nitrogen and oxygen atoms in total. The fourth-order valence-corrected chi connectivity index (χ4v) is 3.15. The van der Waals surface area contributed by atoms with Crippen molar-refractivity contribution in [3.63, 3.8) is 0 Å². The maximum atomic E-state index is 12.2. The Morgan fingerprint density at radius 2 is 2.04 bits per heavy atom. The first-order valence-electron chi connectivity index (χ1n) is 8.08. The highest BCUT2D eigenvalue weighted by molar-refractivity contribution is 5.76. The Balaban J connectivity index is 1.86. The number of pyridine rings is 1. The molecular formula is C17H25N3O3. The molecule has 2 atom stereocenters. The van der Waals surface area contributed by atoms with E-state index in [4.69, 9.17) is 5.11 Å². The predicted octanol–water partition coefficient (Wildman–Crippen LogP) is 1.17. The van der Waals surface area contributed by atoms with Crippen molar-refractivity contribution in [2.24, 2.45) is 11.8 Å². The maximum absolute atomic E-state index is 12.2. The van der Waals surface area contributed by atoms with Gasteiger partial charge in [0, 0.05) is 37.9 Å². The van der Waals surface area contributed by atoms with Crippen LogP contribution >= 0.6 is 0 Å². The quantitative estimate of drug-likeness (QED) is 0.788. The summed E-state index contributed by atoms with van der Waals surface area (Å²) in [5.74, 6) is -0.106. The molecule has 0 saturated carbocycles. The van der Waals surface area contributed by atoms with E-state index in [1.165, 1.54) is 0 Å². The molecule has 126 valence electrons. The number of aliphatic carboxylic acids is 1. The topological polar surface area (TPSA) is 82.5 Å². The lowest BCUT2D eigenvalue weighted by Gasteiger charge is -2.23. The third-order valence-electron chi connectivity index (χ3n) is 4.39. The molecule has 2 heterocycles. The van der Waals surface area contributed by atoms with Crippen molar-refractivity contribution in [2.75, 3.05) is 19.6 Å². The van der Waals surface area contributed by atoms with Gasteiger partial charge in [0.15, 0.2) is 0 Å². The van der Waals surface area contributed by atoms with Gasteiger partial charge in [-0.15, -0.1) is 0 Å². The van der Waals surface area contributed by atoms with Crippen LogP contribution in [0.4, 0.5) is 0 Å². The lowest BCUT2D eigenvalue weighted by atomic mass is 9.91. The smallest absolute Gasteiger partial charge is 0.317 e. The highest BCUT2D eigenvalue weighted by Crippen LogP contribution is 2.24. The average Bonchev–Trinajstić information content (AvgIpc) is 2.88. The summed E-state index contributed by atoms with van der Waals surface area (Å²) < 4.78 is 0. The number of amides is 1. The Hall–Kier alpha value is -1.95. The zero-order valence-electron chi connectivity index (χ0n) is 13.7. The van der Waals surface area contributed by atoms with Gasteiger partial charge < -0.3 is 10.4 Å². The van der Waals surface area contributed by atoms with Crippen LogP contribution in [-0.4, -0.2) is 52.5 Å². The first kappa shape index (κ1) is 17.4. The number of carbonyl (C=O) groups excluding carboxylic acids is 1. The number of nitrogens with one attached hydrogen (secondary N) is 1. The molecule has 0 aromatic carbocycles. The lowest BCUT2D eigenvalue weighted by molar-refractivity contribution is -0.138. The zero-order chi connectivity index (χ0) is 16.8. The van der Waals surface area contributed by atoms with Gasteiger partial charge in [-0.2, -0.15) is 0 Å². The van der Waals surface area contributed by atoms with E-state index in [9.17, 15) is 9.59 Å². The molecule has 2 rings (SSSR count). The normalized spacial score (nSPS) is 21.5. The van der Waals surface area contributed by atoms with E-state index in [1.807, 2.05) is 17.0 Å². The number of aromatic nitrogens is 1. The number of aryl methyl sites for hydroxylation is 1. The number of hydrogen-bond acceptors (Lipinski definition) is 4. The SMILES string of the molecule is CC(C)[C@H]1CN(CC(=O)O)C[C@@H]1NC(=O)CCc1ccncc1. The Morgan fingerprint density at radius 3 is 2.65 bits per heavy atom. The van der Waals surface area contributed by atoms with E-state index >= 15 is 0 Å². The first-order valence-corrected chi connectivity index (χ1v) is 8.08. The molecule has 0 unspecified atom stereocenters. The fourth-order valence-electron chi connectivity index (χ4n) is 3.15. The summed E-state index contributed by atoms with van der Waals surface area (Å²) in [6.07, 6.45) is 4.57. The Labute approximate surface area is 136 Å². The van der Waals surface area contributed by atoms with E-state index in [-0.39, 0.29) is 18.5 Å². The minimum absolute atomic E-state index is 0.0228. The number of carboxylic acid groups (broad SMARTS) is 1. The van der Waals surface area contributed by atoms with Crippen molar-refractivity contribution in [1.29, 1.82) is 0 Å². The first-order chi connectivity index (χ1) is 11.0. The van der Waals surface area contributed by atoms with Crippen molar-refractivity contribution in [3.8, 4) is 0 Å². The van der Waals surface area contributed by atoms with E-state index in [1.54, 1.807) is 12.4 Å². The molecule has 1 amide bonds. The van der Waals surface area contributed by atoms with Crippen LogP contribution in [-0.2, 0) is 16.0 Å². The molecule has 0 radical (unpaired) electrons. The Morgan fingerprint density at radius 1 is 1.35 bits per heavy atom. The maximum Gasteiger partial charge on any atom is 0.317 e. The molecule has 0 spiro atoms. The molecule has 1 aliphatic rings. The summed E-state index contributed by atoms with van der Waals surface area (Å²) in [5.41, 5.74) is 1.09. The summed E-state index contributed by atoms with van der Waals surface area (Å²) in [7, 11) is 0. The third kappa shape index (κ3) is 5.32. The van der Waals surface area contributed by atoms with Gasteiger partial charge in [0.05, 0.1) is 6.54 Å². The Bertz CT molecular complexity index is 533. The van der Waals surface area contributed by atoms with Gasteiger partial charge in [0.2, 0.25) is 5.91 Å². The highest BCUT2D eigenvalue weighted by Gasteiger charge is 2.36. The molecule has 2 N–H and O–H groups in total. The largest absolute Gasteiger partial charge is 0.480 e. The van der Waals surface area contributed by atoms with Crippen LogP contribution in [0, 0.1) is 11.8 Å². The van der Waals surface area contributed by atoms with Gasteiger partial charge in [0.25, 0.3) is 0 Å². The van der Waals surface area contributed by atoms with Crippen LogP contribution in [0.2, 0.25) is 0 Å². The summed E-state index contributed by atoms with van der Waals surface area (Å²) in [6, 6.07) is 3.85. The van der Waals surface area contributed by atoms with Crippen molar-refractivity contribution >= 4 is 11.9 Å². The van der Waals surface area contributed by atoms with Crippen LogP contribution in [0.15, 0.2) is 24.5 Å². The van der Waals surface area contributed by atoms with Crippen molar-refractivity contribution in [3.05, 3.63) is 30.1 Å². The number of likely N-dealkylation sites (tertiary alicyclic amines) is 1. The second-order valence-electron chi connectivity index (χ2n) is 6.53. The minimum Gasteiger partial charge on any atom is -0.480 e. The molecule has 1 saturated heterocycles. The van der Waals surface area contributed by atoms with Crippen molar-refractivity contribution < 1.29 is 14.7 Å². The lowest BCUT2D eigenvalue weighted by Crippen LogP contribution is -2.42. The molecule has 1 aliphatic heterocycles. The van der Waals surface area contributed by atoms with Gasteiger partial charge in [-0.3, -0.25) is 19.5 Å². The number of hydrogen-bond donors (Lipinski definition) is 2. The van der Waals surface area contributed by atoms with E-state index < -0.39 is 5.97 Å². The number of rotatable bonds is 7. The van der Waals surface area contributed by atoms with Gasteiger partial charge in [-0.1, -0.05) is 13.8 Å². The summed E-state index contributed by atoms with van der Waals surface area (Å²) in [4.78, 5) is 29.0. The van der Waals surface area contributed by atoms with Gasteiger partial charge >= 0.3 is 5.97 Å². The molecule has 1 aromatic heterocycles. The Kier molecular flexibility index (Phi) is 6.10. The predicted molar refractivity (Wildman–Crippen MR) is 86.9 cm³/mol. The molecule has 0 aliphatic carbocycles. The molecule has 0 bridgehead atoms. The summed E-state index contributed by atoms with van der Waals surface area (Å²) >= 11 is 0. The van der Waals surface area contributed by atoms with E-state index in [2.05, 4.69) is 24.1 Å². The average molecular weight is 319 g/mol. The van der Waals surface area contributed by atoms with Crippen LogP contribution in [0.25, 0.3) is 0 Å². The van der Waals surface area contributed by atoms with Crippen LogP contribution < -0.4 is 5.32 Å². The number of carboxylic acids is 1. The number of nitrogens with zero attached hydrogens (tertiary/aromatic N) is 2. The molecule has 6 heteroatoms. The zero-order valence-corrected chi connectivity index (χ0v) is 13.7. The minimum atomic E-state index is -0.822. The molecule has 1 aromatic rings. The van der Waals surface area contributed by atoms with Crippen molar-refractivity contribution in [2.45, 2.75) is 32.7 Å². The second kappa shape index (κ2) is 8.06. The molecule has 23 heavy (non-hydrogen) atoms. The standard InChI is InChI=1S/C17H25N3O3/c1-12(2)14-9-20(11-17(22)23)10-15(14)19-16(21)4-3-13-5-7-18-8-6-13/h5-8,12,14-15H,3-4,9-11H2,1-2H3,(H,19,21)(H,22,23)/t14-,15+/m1/s1. The van der Waals surface area contributed by atoms with Crippen LogP contribution in [0.3, 0.4) is 0 Å². The third-order valence-corrected chi connectivity index (χ3v) is 4.39. The van der Waals surface area contributed by atoms with E-state index in [0.717, 1.165) is 12.1 Å². The summed E-state index contributed by atoms with van der Waals surface area (Å²) in [5, 5.41) is 12.0. The number of carbonyl (C=O) groups is 2. The van der Waals surface area contributed by atoms with Crippen molar-refractivity contribution in [1.82, 2.24) is 15.2 Å². The van der Waals surface area contributed by atoms with Gasteiger partial charge in [-0.05, 0) is 36.0 Å². The molecular weight excluding hydrogens is 294 g/mol. The summed E-state index contributed by atoms with van der Waals surface area (Å²) in [6.45, 7) is 5.60. The van der Waals surface area contributed by atoms with Gasteiger partial charge in [-0.25, -0.2) is 0 Å². The second-order valence-corrected chi connectivity index (χ2v) is 6.53. The highest BCUT2D eigenvalue weighted by atomic mass is 16.4. The van der Waals surface area contributed by atoms with Crippen LogP contribution in [0.1, 0.15) is 25.8 Å². The van der Waals surface area contributed by atoms with Crippen LogP contribution in [0.5, 0.6) is 0 Å².